The lowest BCUT2D eigenvalue weighted by molar-refractivity contribution is -0.122. The Kier molecular flexibility index (Phi) is 9.67. The molecule has 0 spiro atoms. The highest BCUT2D eigenvalue weighted by Crippen LogP contribution is 2.41. The van der Waals surface area contributed by atoms with Gasteiger partial charge in [-0.2, -0.15) is 0 Å². The van der Waals surface area contributed by atoms with Gasteiger partial charge in [-0.15, -0.1) is 0 Å². The summed E-state index contributed by atoms with van der Waals surface area (Å²) in [6, 6.07) is 5.49. The molecular formula is C34H53N3O3. The SMILES string of the molecule is CC(C)(C)C1CCC(C(=O)Nc2cc(NC(=O)C3CCCC3)cc(NC(=O)C3CCC(C(C)(C)C)CC3)c2)CC1. The van der Waals surface area contributed by atoms with E-state index < -0.39 is 0 Å². The third-order valence-corrected chi connectivity index (χ3v) is 10.1. The molecule has 3 fully saturated rings. The third kappa shape index (κ3) is 8.10. The van der Waals surface area contributed by atoms with Gasteiger partial charge in [-0.05, 0) is 105 Å². The molecule has 0 atom stereocenters. The van der Waals surface area contributed by atoms with Crippen molar-refractivity contribution in [2.75, 3.05) is 16.0 Å². The Morgan fingerprint density at radius 3 is 1.05 bits per heavy atom. The number of carbonyl (C=O) groups is 3. The van der Waals surface area contributed by atoms with Gasteiger partial charge in [-0.3, -0.25) is 14.4 Å². The summed E-state index contributed by atoms with van der Waals surface area (Å²) in [5, 5.41) is 9.32. The predicted molar refractivity (Wildman–Crippen MR) is 164 cm³/mol. The van der Waals surface area contributed by atoms with E-state index >= 15 is 0 Å². The molecule has 6 nitrogen and oxygen atoms in total. The number of rotatable bonds is 6. The van der Waals surface area contributed by atoms with E-state index in [2.05, 4.69) is 57.5 Å². The second kappa shape index (κ2) is 12.7. The van der Waals surface area contributed by atoms with E-state index in [1.54, 1.807) is 0 Å². The molecule has 222 valence electrons. The van der Waals surface area contributed by atoms with Gasteiger partial charge in [-0.25, -0.2) is 0 Å². The smallest absolute Gasteiger partial charge is 0.227 e. The second-order valence-corrected chi connectivity index (χ2v) is 15.1. The van der Waals surface area contributed by atoms with Crippen LogP contribution in [0.15, 0.2) is 18.2 Å². The largest absolute Gasteiger partial charge is 0.326 e. The lowest BCUT2D eigenvalue weighted by atomic mass is 9.69. The van der Waals surface area contributed by atoms with Crippen molar-refractivity contribution in [3.8, 4) is 0 Å². The average molecular weight is 552 g/mol. The highest BCUT2D eigenvalue weighted by atomic mass is 16.2. The summed E-state index contributed by atoms with van der Waals surface area (Å²) >= 11 is 0. The second-order valence-electron chi connectivity index (χ2n) is 15.1. The number of anilines is 3. The quantitative estimate of drug-likeness (QED) is 0.332. The number of benzene rings is 1. The lowest BCUT2D eigenvalue weighted by Gasteiger charge is -2.36. The molecule has 40 heavy (non-hydrogen) atoms. The van der Waals surface area contributed by atoms with E-state index in [0.29, 0.717) is 28.9 Å². The first kappa shape index (κ1) is 30.6. The van der Waals surface area contributed by atoms with Crippen LogP contribution in [0.1, 0.15) is 119 Å². The van der Waals surface area contributed by atoms with E-state index in [-0.39, 0.29) is 46.3 Å². The number of hydrogen-bond acceptors (Lipinski definition) is 3. The predicted octanol–water partition coefficient (Wildman–Crippen LogP) is 8.40. The molecule has 0 bridgehead atoms. The third-order valence-electron chi connectivity index (χ3n) is 10.1. The minimum Gasteiger partial charge on any atom is -0.326 e. The van der Waals surface area contributed by atoms with Gasteiger partial charge in [-0.1, -0.05) is 54.4 Å². The van der Waals surface area contributed by atoms with E-state index in [0.717, 1.165) is 77.0 Å². The van der Waals surface area contributed by atoms with Crippen LogP contribution in [0, 0.1) is 40.4 Å². The molecule has 0 heterocycles. The van der Waals surface area contributed by atoms with Gasteiger partial charge in [0, 0.05) is 34.8 Å². The van der Waals surface area contributed by atoms with Crippen molar-refractivity contribution in [2.24, 2.45) is 40.4 Å². The van der Waals surface area contributed by atoms with E-state index in [9.17, 15) is 14.4 Å². The van der Waals surface area contributed by atoms with Crippen LogP contribution in [0.4, 0.5) is 17.1 Å². The Hall–Kier alpha value is -2.37. The van der Waals surface area contributed by atoms with Gasteiger partial charge >= 0.3 is 0 Å². The zero-order chi connectivity index (χ0) is 29.1. The summed E-state index contributed by atoms with van der Waals surface area (Å²) in [5.41, 5.74) is 2.41. The fraction of sp³-hybridized carbons (Fsp3) is 0.735. The van der Waals surface area contributed by atoms with E-state index in [1.165, 1.54) is 0 Å². The van der Waals surface area contributed by atoms with E-state index in [4.69, 9.17) is 0 Å². The molecule has 1 aromatic carbocycles. The van der Waals surface area contributed by atoms with Crippen LogP contribution in [-0.2, 0) is 14.4 Å². The number of nitrogens with one attached hydrogen (secondary N) is 3. The van der Waals surface area contributed by atoms with E-state index in [1.807, 2.05) is 18.2 Å². The molecule has 0 aliphatic heterocycles. The van der Waals surface area contributed by atoms with Crippen molar-refractivity contribution >= 4 is 34.8 Å². The molecular weight excluding hydrogens is 498 g/mol. The lowest BCUT2D eigenvalue weighted by Crippen LogP contribution is -2.32. The zero-order valence-electron chi connectivity index (χ0n) is 25.8. The zero-order valence-corrected chi connectivity index (χ0v) is 25.8. The Morgan fingerprint density at radius 1 is 0.500 bits per heavy atom. The first-order valence-corrected chi connectivity index (χ1v) is 15.9. The van der Waals surface area contributed by atoms with Gasteiger partial charge in [0.15, 0.2) is 0 Å². The Bertz CT molecular complexity index is 979. The number of carbonyl (C=O) groups excluding carboxylic acids is 3. The van der Waals surface area contributed by atoms with Crippen LogP contribution >= 0.6 is 0 Å². The molecule has 0 aromatic heterocycles. The molecule has 0 unspecified atom stereocenters. The van der Waals surface area contributed by atoms with Crippen molar-refractivity contribution in [1.29, 1.82) is 0 Å². The maximum atomic E-state index is 13.3. The molecule has 1 aromatic rings. The maximum Gasteiger partial charge on any atom is 0.227 e. The molecule has 3 aliphatic carbocycles. The molecule has 4 rings (SSSR count). The van der Waals surface area contributed by atoms with Gasteiger partial charge in [0.05, 0.1) is 0 Å². The Labute approximate surface area is 242 Å². The molecule has 3 saturated carbocycles. The summed E-state index contributed by atoms with van der Waals surface area (Å²) in [4.78, 5) is 39.5. The fourth-order valence-electron chi connectivity index (χ4n) is 7.21. The van der Waals surface area contributed by atoms with Crippen LogP contribution in [0.3, 0.4) is 0 Å². The van der Waals surface area contributed by atoms with Gasteiger partial charge in [0.1, 0.15) is 0 Å². The first-order chi connectivity index (χ1) is 18.8. The van der Waals surface area contributed by atoms with Crippen molar-refractivity contribution in [2.45, 2.75) is 119 Å². The topological polar surface area (TPSA) is 87.3 Å². The summed E-state index contributed by atoms with van der Waals surface area (Å²) in [5.74, 6) is 1.40. The van der Waals surface area contributed by atoms with Gasteiger partial charge < -0.3 is 16.0 Å². The molecule has 6 heteroatoms. The molecule has 3 N–H and O–H groups in total. The summed E-state index contributed by atoms with van der Waals surface area (Å²) in [6.07, 6.45) is 11.9. The van der Waals surface area contributed by atoms with Crippen molar-refractivity contribution in [3.05, 3.63) is 18.2 Å². The Balaban J connectivity index is 1.44. The van der Waals surface area contributed by atoms with Crippen LogP contribution in [0.25, 0.3) is 0 Å². The molecule has 0 radical (unpaired) electrons. The minimum atomic E-state index is -0.00798. The molecule has 3 amide bonds. The van der Waals surface area contributed by atoms with Crippen LogP contribution < -0.4 is 16.0 Å². The Morgan fingerprint density at radius 2 is 0.775 bits per heavy atom. The highest BCUT2D eigenvalue weighted by Gasteiger charge is 2.34. The van der Waals surface area contributed by atoms with Crippen LogP contribution in [0.2, 0.25) is 0 Å². The van der Waals surface area contributed by atoms with Crippen molar-refractivity contribution < 1.29 is 14.4 Å². The monoisotopic (exact) mass is 551 g/mol. The summed E-state index contributed by atoms with van der Waals surface area (Å²) in [6.45, 7) is 13.7. The normalized spacial score (nSPS) is 26.2. The minimum absolute atomic E-state index is 0.00798. The van der Waals surface area contributed by atoms with Crippen molar-refractivity contribution in [3.63, 3.8) is 0 Å². The van der Waals surface area contributed by atoms with Crippen LogP contribution in [0.5, 0.6) is 0 Å². The highest BCUT2D eigenvalue weighted by molar-refractivity contribution is 5.99. The van der Waals surface area contributed by atoms with Crippen molar-refractivity contribution in [1.82, 2.24) is 0 Å². The van der Waals surface area contributed by atoms with Gasteiger partial charge in [0.2, 0.25) is 17.7 Å². The average Bonchev–Trinajstić information content (AvgIpc) is 3.43. The van der Waals surface area contributed by atoms with Gasteiger partial charge in [0.25, 0.3) is 0 Å². The standard InChI is InChI=1S/C34H53N3O3/c1-33(2,3)25-15-11-23(12-16-25)31(39)36-28-19-27(35-30(38)22-9-7-8-10-22)20-29(21-28)37-32(40)24-13-17-26(18-14-24)34(4,5)6/h19-26H,7-18H2,1-6H3,(H,35,38)(H,36,39)(H,37,40). The van der Waals surface area contributed by atoms with Crippen LogP contribution in [-0.4, -0.2) is 17.7 Å². The fourth-order valence-corrected chi connectivity index (χ4v) is 7.21. The first-order valence-electron chi connectivity index (χ1n) is 15.9. The maximum absolute atomic E-state index is 13.3. The molecule has 3 aliphatic rings. The number of hydrogen-bond donors (Lipinski definition) is 3. The summed E-state index contributed by atoms with van der Waals surface area (Å²) < 4.78 is 0. The summed E-state index contributed by atoms with van der Waals surface area (Å²) in [7, 11) is 0. The number of amides is 3. The molecule has 0 saturated heterocycles.